The summed E-state index contributed by atoms with van der Waals surface area (Å²) in [6.07, 6.45) is 2.84. The van der Waals surface area contributed by atoms with Crippen molar-refractivity contribution in [2.75, 3.05) is 6.61 Å². The van der Waals surface area contributed by atoms with Crippen molar-refractivity contribution in [2.45, 2.75) is 6.92 Å². The van der Waals surface area contributed by atoms with Gasteiger partial charge in [-0.05, 0) is 24.6 Å². The quantitative estimate of drug-likeness (QED) is 0.346. The summed E-state index contributed by atoms with van der Waals surface area (Å²) < 4.78 is 6.54. The Bertz CT molecular complexity index is 830. The van der Waals surface area contributed by atoms with E-state index in [4.69, 9.17) is 27.9 Å². The van der Waals surface area contributed by atoms with Crippen LogP contribution < -0.4 is 0 Å². The van der Waals surface area contributed by atoms with E-state index in [0.717, 1.165) is 0 Å². The number of ether oxygens (including phenoxy) is 1. The van der Waals surface area contributed by atoms with Crippen molar-refractivity contribution in [2.24, 2.45) is 7.05 Å². The van der Waals surface area contributed by atoms with Crippen molar-refractivity contribution >= 4 is 46.5 Å². The van der Waals surface area contributed by atoms with Crippen LogP contribution in [0.4, 0.5) is 5.69 Å². The Kier molecular flexibility index (Phi) is 5.58. The predicted molar refractivity (Wildman–Crippen MR) is 90.8 cm³/mol. The number of hydrogen-bond acceptors (Lipinski definition) is 5. The number of aromatic nitrogens is 2. The highest BCUT2D eigenvalue weighted by molar-refractivity contribution is 6.32. The number of carbonyl (C=O) groups excluding carboxylic acids is 1. The van der Waals surface area contributed by atoms with Gasteiger partial charge in [-0.1, -0.05) is 29.3 Å². The predicted octanol–water partition coefficient (Wildman–Crippen LogP) is 3.74. The first kappa shape index (κ1) is 18.0. The van der Waals surface area contributed by atoms with Gasteiger partial charge >= 0.3 is 5.97 Å². The Hall–Kier alpha value is -2.38. The molecule has 0 bridgehead atoms. The van der Waals surface area contributed by atoms with Crippen LogP contribution in [0, 0.1) is 10.1 Å². The lowest BCUT2D eigenvalue weighted by molar-refractivity contribution is -0.384. The Balaban J connectivity index is 2.57. The average Bonchev–Trinajstić information content (AvgIpc) is 2.86. The van der Waals surface area contributed by atoms with E-state index in [1.165, 1.54) is 29.0 Å². The van der Waals surface area contributed by atoms with Crippen LogP contribution in [0.2, 0.25) is 10.2 Å². The van der Waals surface area contributed by atoms with Gasteiger partial charge in [0.05, 0.1) is 17.7 Å². The zero-order chi connectivity index (χ0) is 17.9. The molecule has 126 valence electrons. The van der Waals surface area contributed by atoms with E-state index < -0.39 is 10.9 Å². The van der Waals surface area contributed by atoms with Crippen molar-refractivity contribution < 1.29 is 14.5 Å². The van der Waals surface area contributed by atoms with Crippen LogP contribution in [0.25, 0.3) is 11.6 Å². The molecule has 0 spiro atoms. The number of nitrogens with zero attached hydrogens (tertiary/aromatic N) is 3. The minimum atomic E-state index is -0.611. The van der Waals surface area contributed by atoms with Crippen molar-refractivity contribution in [3.8, 4) is 0 Å². The number of benzene rings is 1. The molecule has 0 atom stereocenters. The van der Waals surface area contributed by atoms with E-state index in [1.54, 1.807) is 20.0 Å². The van der Waals surface area contributed by atoms with Gasteiger partial charge < -0.3 is 9.30 Å². The number of esters is 1. The summed E-state index contributed by atoms with van der Waals surface area (Å²) in [4.78, 5) is 26.7. The zero-order valence-electron chi connectivity index (χ0n) is 12.8. The number of imidazole rings is 1. The van der Waals surface area contributed by atoms with Crippen LogP contribution in [0.1, 0.15) is 18.3 Å². The molecule has 0 N–H and O–H groups in total. The highest BCUT2D eigenvalue weighted by Crippen LogP contribution is 2.28. The van der Waals surface area contributed by atoms with Crippen LogP contribution in [-0.2, 0) is 16.6 Å². The van der Waals surface area contributed by atoms with Crippen LogP contribution in [0.5, 0.6) is 0 Å². The average molecular weight is 370 g/mol. The molecule has 9 heteroatoms. The summed E-state index contributed by atoms with van der Waals surface area (Å²) in [7, 11) is 1.64. The first-order valence-corrected chi connectivity index (χ1v) is 7.61. The van der Waals surface area contributed by atoms with Gasteiger partial charge in [-0.3, -0.25) is 10.1 Å². The van der Waals surface area contributed by atoms with Crippen LogP contribution in [0.3, 0.4) is 0 Å². The second kappa shape index (κ2) is 7.46. The molecule has 7 nitrogen and oxygen atoms in total. The SMILES string of the molecule is CCOC(=O)C(=Cc1ccc(Cl)c([N+](=O)[O-])c1)c1ncc(Cl)n1C. The van der Waals surface area contributed by atoms with Gasteiger partial charge in [0.2, 0.25) is 0 Å². The molecule has 0 aliphatic carbocycles. The van der Waals surface area contributed by atoms with E-state index in [1.807, 2.05) is 0 Å². The van der Waals surface area contributed by atoms with E-state index in [0.29, 0.717) is 10.7 Å². The van der Waals surface area contributed by atoms with Crippen molar-refractivity contribution in [3.63, 3.8) is 0 Å². The fourth-order valence-electron chi connectivity index (χ4n) is 1.99. The largest absolute Gasteiger partial charge is 0.462 e. The summed E-state index contributed by atoms with van der Waals surface area (Å²) in [6, 6.07) is 4.21. The van der Waals surface area contributed by atoms with Gasteiger partial charge in [0, 0.05) is 13.1 Å². The molecule has 0 saturated heterocycles. The smallest absolute Gasteiger partial charge is 0.341 e. The van der Waals surface area contributed by atoms with Crippen molar-refractivity contribution in [3.05, 3.63) is 56.1 Å². The summed E-state index contributed by atoms with van der Waals surface area (Å²) in [5.41, 5.74) is 0.280. The van der Waals surface area contributed by atoms with Crippen LogP contribution >= 0.6 is 23.2 Å². The van der Waals surface area contributed by atoms with Gasteiger partial charge in [0.15, 0.2) is 0 Å². The third kappa shape index (κ3) is 3.74. The molecule has 0 radical (unpaired) electrons. The van der Waals surface area contributed by atoms with Gasteiger partial charge in [-0.2, -0.15) is 0 Å². The van der Waals surface area contributed by atoms with Gasteiger partial charge in [-0.25, -0.2) is 9.78 Å². The summed E-state index contributed by atoms with van der Waals surface area (Å²) in [5.74, 6) is -0.323. The normalized spacial score (nSPS) is 11.4. The van der Waals surface area contributed by atoms with Gasteiger partial charge in [0.1, 0.15) is 21.6 Å². The number of nitro groups is 1. The number of hydrogen-bond donors (Lipinski definition) is 0. The number of nitro benzene ring substituents is 1. The number of rotatable bonds is 5. The Morgan fingerprint density at radius 3 is 2.71 bits per heavy atom. The number of halogens is 2. The standard InChI is InChI=1S/C15H13Cl2N3O4/c1-3-24-15(21)10(14-18-8-13(17)19(14)2)6-9-4-5-11(16)12(7-9)20(22)23/h4-8H,3H2,1-2H3. The third-order valence-electron chi connectivity index (χ3n) is 3.15. The molecule has 1 heterocycles. The first-order chi connectivity index (χ1) is 11.3. The Labute approximate surface area is 147 Å². The summed E-state index contributed by atoms with van der Waals surface area (Å²) in [5, 5.41) is 11.3. The highest BCUT2D eigenvalue weighted by atomic mass is 35.5. The third-order valence-corrected chi connectivity index (χ3v) is 3.82. The Morgan fingerprint density at radius 1 is 1.46 bits per heavy atom. The van der Waals surface area contributed by atoms with E-state index in [2.05, 4.69) is 4.98 Å². The minimum Gasteiger partial charge on any atom is -0.462 e. The molecule has 24 heavy (non-hydrogen) atoms. The first-order valence-electron chi connectivity index (χ1n) is 6.85. The topological polar surface area (TPSA) is 87.3 Å². The van der Waals surface area contributed by atoms with Gasteiger partial charge in [-0.15, -0.1) is 0 Å². The molecular weight excluding hydrogens is 357 g/mol. The molecule has 0 amide bonds. The fraction of sp³-hybridized carbons (Fsp3) is 0.200. The second-order valence-corrected chi connectivity index (χ2v) is 5.50. The molecule has 2 rings (SSSR count). The minimum absolute atomic E-state index is 0.00914. The Morgan fingerprint density at radius 2 is 2.17 bits per heavy atom. The highest BCUT2D eigenvalue weighted by Gasteiger charge is 2.20. The summed E-state index contributed by atoms with van der Waals surface area (Å²) >= 11 is 11.8. The summed E-state index contributed by atoms with van der Waals surface area (Å²) in [6.45, 7) is 1.85. The maximum absolute atomic E-state index is 12.2. The van der Waals surface area contributed by atoms with E-state index in [9.17, 15) is 14.9 Å². The fourth-order valence-corrected chi connectivity index (χ4v) is 2.30. The second-order valence-electron chi connectivity index (χ2n) is 4.71. The lowest BCUT2D eigenvalue weighted by atomic mass is 10.1. The molecule has 0 saturated carbocycles. The van der Waals surface area contributed by atoms with Crippen molar-refractivity contribution in [1.29, 1.82) is 0 Å². The van der Waals surface area contributed by atoms with Crippen molar-refractivity contribution in [1.82, 2.24) is 9.55 Å². The number of carbonyl (C=O) groups is 1. The molecule has 0 aliphatic heterocycles. The lowest BCUT2D eigenvalue weighted by Gasteiger charge is -2.08. The van der Waals surface area contributed by atoms with Crippen LogP contribution in [-0.4, -0.2) is 27.1 Å². The van der Waals surface area contributed by atoms with Gasteiger partial charge in [0.25, 0.3) is 5.69 Å². The molecule has 0 aliphatic rings. The molecule has 1 aromatic carbocycles. The van der Waals surface area contributed by atoms with E-state index in [-0.39, 0.29) is 28.7 Å². The maximum atomic E-state index is 12.2. The van der Waals surface area contributed by atoms with Crippen LogP contribution in [0.15, 0.2) is 24.4 Å². The maximum Gasteiger partial charge on any atom is 0.341 e. The molecule has 0 fully saturated rings. The lowest BCUT2D eigenvalue weighted by Crippen LogP contribution is -2.10. The molecule has 1 aromatic heterocycles. The monoisotopic (exact) mass is 369 g/mol. The molecule has 0 unspecified atom stereocenters. The molecular formula is C15H13Cl2N3O4. The van der Waals surface area contributed by atoms with E-state index >= 15 is 0 Å². The molecule has 2 aromatic rings. The zero-order valence-corrected chi connectivity index (χ0v) is 14.3.